The molecule has 2 heterocycles. The first kappa shape index (κ1) is 20.3. The van der Waals surface area contributed by atoms with Gasteiger partial charge < -0.3 is 14.8 Å². The minimum Gasteiger partial charge on any atom is -0.496 e. The largest absolute Gasteiger partial charge is 0.496 e. The highest BCUT2D eigenvalue weighted by Crippen LogP contribution is 2.23. The summed E-state index contributed by atoms with van der Waals surface area (Å²) in [5.74, 6) is 0.591. The molecule has 0 atom stereocenters. The summed E-state index contributed by atoms with van der Waals surface area (Å²) in [5, 5.41) is 8.17. The Morgan fingerprint density at radius 2 is 2.18 bits per heavy atom. The van der Waals surface area contributed by atoms with E-state index >= 15 is 0 Å². The second-order valence-corrected chi connectivity index (χ2v) is 7.04. The summed E-state index contributed by atoms with van der Waals surface area (Å²) in [6.07, 6.45) is 5.82. The highest BCUT2D eigenvalue weighted by molar-refractivity contribution is 7.80. The molecule has 148 valence electrons. The van der Waals surface area contributed by atoms with Crippen LogP contribution in [0.1, 0.15) is 17.5 Å². The van der Waals surface area contributed by atoms with Gasteiger partial charge in [0.2, 0.25) is 0 Å². The number of aromatic nitrogens is 2. The Morgan fingerprint density at radius 3 is 2.86 bits per heavy atom. The Hall–Kier alpha value is -2.42. The quantitative estimate of drug-likeness (QED) is 0.402. The van der Waals surface area contributed by atoms with Gasteiger partial charge in [0, 0.05) is 32.0 Å². The van der Waals surface area contributed by atoms with Gasteiger partial charge in [0.05, 0.1) is 24.9 Å². The zero-order valence-electron chi connectivity index (χ0n) is 15.6. The summed E-state index contributed by atoms with van der Waals surface area (Å²) in [5.41, 5.74) is 2.22. The lowest BCUT2D eigenvalue weighted by Crippen LogP contribution is -2.32. The molecule has 7 nitrogen and oxygen atoms in total. The van der Waals surface area contributed by atoms with Crippen LogP contribution < -0.4 is 10.1 Å². The molecule has 0 spiro atoms. The van der Waals surface area contributed by atoms with Gasteiger partial charge in [0.15, 0.2) is 5.11 Å². The number of rotatable bonds is 8. The van der Waals surface area contributed by atoms with Gasteiger partial charge >= 0.3 is 0 Å². The third-order valence-electron chi connectivity index (χ3n) is 4.24. The van der Waals surface area contributed by atoms with Crippen molar-refractivity contribution in [2.24, 2.45) is 0 Å². The first-order chi connectivity index (χ1) is 13.5. The molecule has 0 unspecified atom stereocenters. The molecule has 1 aliphatic rings. The first-order valence-electron chi connectivity index (χ1n) is 8.70. The van der Waals surface area contributed by atoms with Crippen molar-refractivity contribution in [1.82, 2.24) is 20.0 Å². The van der Waals surface area contributed by atoms with Crippen molar-refractivity contribution in [3.05, 3.63) is 52.4 Å². The molecular formula is C19H21ClN4O3S. The number of methoxy groups -OCH3 is 2. The van der Waals surface area contributed by atoms with Crippen molar-refractivity contribution in [3.8, 4) is 5.75 Å². The third-order valence-corrected chi connectivity index (χ3v) is 4.76. The van der Waals surface area contributed by atoms with Gasteiger partial charge in [-0.1, -0.05) is 17.7 Å². The average Bonchev–Trinajstić information content (AvgIpc) is 3.19. The van der Waals surface area contributed by atoms with Gasteiger partial charge in [-0.25, -0.2) is 0 Å². The maximum atomic E-state index is 12.6. The first-order valence-corrected chi connectivity index (χ1v) is 9.49. The number of hydrogen-bond acceptors (Lipinski definition) is 5. The van der Waals surface area contributed by atoms with Crippen LogP contribution in [-0.2, 0) is 16.1 Å². The molecule has 0 aliphatic carbocycles. The van der Waals surface area contributed by atoms with Crippen LogP contribution in [0.4, 0.5) is 0 Å². The smallest absolute Gasteiger partial charge is 0.276 e. The molecule has 0 radical (unpaired) electrons. The molecule has 1 amide bonds. The van der Waals surface area contributed by atoms with E-state index in [1.165, 1.54) is 0 Å². The van der Waals surface area contributed by atoms with Crippen molar-refractivity contribution < 1.29 is 14.3 Å². The van der Waals surface area contributed by atoms with Gasteiger partial charge in [-0.05, 0) is 42.4 Å². The normalized spacial score (nSPS) is 15.4. The Bertz CT molecular complexity index is 912. The highest BCUT2D eigenvalue weighted by atomic mass is 35.5. The van der Waals surface area contributed by atoms with Crippen LogP contribution in [0, 0.1) is 0 Å². The lowest BCUT2D eigenvalue weighted by Gasteiger charge is -2.13. The van der Waals surface area contributed by atoms with Gasteiger partial charge in [-0.15, -0.1) is 0 Å². The maximum absolute atomic E-state index is 12.6. The van der Waals surface area contributed by atoms with E-state index in [1.54, 1.807) is 42.3 Å². The number of benzene rings is 1. The molecule has 3 rings (SSSR count). The van der Waals surface area contributed by atoms with Crippen molar-refractivity contribution in [3.63, 3.8) is 0 Å². The van der Waals surface area contributed by atoms with Crippen molar-refractivity contribution in [2.75, 3.05) is 27.4 Å². The number of nitrogens with zero attached hydrogens (tertiary/aromatic N) is 3. The van der Waals surface area contributed by atoms with E-state index in [-0.39, 0.29) is 5.91 Å². The average molecular weight is 421 g/mol. The van der Waals surface area contributed by atoms with E-state index in [4.69, 9.17) is 33.3 Å². The predicted octanol–water partition coefficient (Wildman–Crippen LogP) is 2.69. The summed E-state index contributed by atoms with van der Waals surface area (Å²) in [7, 11) is 3.25. The van der Waals surface area contributed by atoms with Gasteiger partial charge in [-0.2, -0.15) is 5.10 Å². The molecule has 1 aliphatic heterocycles. The van der Waals surface area contributed by atoms with E-state index in [2.05, 4.69) is 10.4 Å². The Balaban J connectivity index is 1.80. The maximum Gasteiger partial charge on any atom is 0.276 e. The standard InChI is InChI=1S/C19H21ClN4O3S/c1-26-7-3-6-24-18(25)16(22-19(24)28)9-13-4-5-17(27-2)14(8-13)11-23-12-15(20)10-21-23/h4-5,8-10,12H,3,6-7,11H2,1-2H3,(H,22,28)/b16-9+. The van der Waals surface area contributed by atoms with Crippen LogP contribution in [0.3, 0.4) is 0 Å². The van der Waals surface area contributed by atoms with Crippen LogP contribution in [-0.4, -0.2) is 53.1 Å². The molecule has 0 bridgehead atoms. The van der Waals surface area contributed by atoms with Gasteiger partial charge in [0.25, 0.3) is 5.91 Å². The molecule has 28 heavy (non-hydrogen) atoms. The number of carbonyl (C=O) groups is 1. The van der Waals surface area contributed by atoms with Crippen LogP contribution >= 0.6 is 23.8 Å². The molecule has 1 N–H and O–H groups in total. The molecule has 1 aromatic carbocycles. The summed E-state index contributed by atoms with van der Waals surface area (Å²) in [6, 6.07) is 5.70. The summed E-state index contributed by atoms with van der Waals surface area (Å²) in [4.78, 5) is 14.2. The minimum atomic E-state index is -0.141. The van der Waals surface area contributed by atoms with Gasteiger partial charge in [-0.3, -0.25) is 14.4 Å². The monoisotopic (exact) mass is 420 g/mol. The summed E-state index contributed by atoms with van der Waals surface area (Å²) in [6.45, 7) is 1.59. The number of hydrogen-bond donors (Lipinski definition) is 1. The fourth-order valence-corrected chi connectivity index (χ4v) is 3.36. The number of halogens is 1. The summed E-state index contributed by atoms with van der Waals surface area (Å²) >= 11 is 11.2. The SMILES string of the molecule is COCCCN1C(=O)/C(=C\c2ccc(OC)c(Cn3cc(Cl)cn3)c2)NC1=S. The molecule has 1 aromatic heterocycles. The topological polar surface area (TPSA) is 68.6 Å². The number of ether oxygens (including phenoxy) is 2. The van der Waals surface area contributed by atoms with E-state index in [9.17, 15) is 4.79 Å². The van der Waals surface area contributed by atoms with Gasteiger partial charge in [0.1, 0.15) is 11.4 Å². The Morgan fingerprint density at radius 1 is 1.36 bits per heavy atom. The molecular weight excluding hydrogens is 400 g/mol. The Kier molecular flexibility index (Phi) is 6.66. The van der Waals surface area contributed by atoms with Crippen LogP contribution in [0.5, 0.6) is 5.75 Å². The summed E-state index contributed by atoms with van der Waals surface area (Å²) < 4.78 is 12.2. The number of amides is 1. The zero-order valence-corrected chi connectivity index (χ0v) is 17.2. The third kappa shape index (κ3) is 4.70. The van der Waals surface area contributed by atoms with Crippen LogP contribution in [0.25, 0.3) is 6.08 Å². The zero-order chi connectivity index (χ0) is 20.1. The fraction of sp³-hybridized carbons (Fsp3) is 0.316. The predicted molar refractivity (Wildman–Crippen MR) is 111 cm³/mol. The van der Waals surface area contributed by atoms with E-state index in [0.717, 1.165) is 23.3 Å². The minimum absolute atomic E-state index is 0.141. The van der Waals surface area contributed by atoms with Crippen molar-refractivity contribution in [2.45, 2.75) is 13.0 Å². The Labute approximate surface area is 173 Å². The highest BCUT2D eigenvalue weighted by Gasteiger charge is 2.30. The second kappa shape index (κ2) is 9.18. The molecule has 0 saturated carbocycles. The molecule has 2 aromatic rings. The van der Waals surface area contributed by atoms with E-state index in [0.29, 0.717) is 35.5 Å². The molecule has 1 fully saturated rings. The number of thiocarbonyl (C=S) groups is 1. The lowest BCUT2D eigenvalue weighted by atomic mass is 10.1. The van der Waals surface area contributed by atoms with Crippen LogP contribution in [0.15, 0.2) is 36.3 Å². The second-order valence-electron chi connectivity index (χ2n) is 6.22. The molecule has 1 saturated heterocycles. The molecule has 9 heteroatoms. The van der Waals surface area contributed by atoms with Crippen molar-refractivity contribution in [1.29, 1.82) is 0 Å². The number of carbonyl (C=O) groups excluding carboxylic acids is 1. The fourth-order valence-electron chi connectivity index (χ4n) is 2.92. The van der Waals surface area contributed by atoms with Crippen LogP contribution in [0.2, 0.25) is 5.02 Å². The lowest BCUT2D eigenvalue weighted by molar-refractivity contribution is -0.122. The van der Waals surface area contributed by atoms with E-state index < -0.39 is 0 Å². The van der Waals surface area contributed by atoms with Crippen molar-refractivity contribution >= 4 is 40.9 Å². The van der Waals surface area contributed by atoms with E-state index in [1.807, 2.05) is 18.2 Å². The number of nitrogens with one attached hydrogen (secondary N) is 1.